The molecule has 0 unspecified atom stereocenters. The predicted octanol–water partition coefficient (Wildman–Crippen LogP) is 3.86. The van der Waals surface area contributed by atoms with E-state index in [2.05, 4.69) is 21.0 Å². The fourth-order valence-electron chi connectivity index (χ4n) is 2.24. The summed E-state index contributed by atoms with van der Waals surface area (Å²) in [6, 6.07) is 11.2. The molecular weight excluding hydrogens is 332 g/mol. The first kappa shape index (κ1) is 10.7. The van der Waals surface area contributed by atoms with Gasteiger partial charge in [-0.15, -0.1) is 0 Å². The third-order valence-electron chi connectivity index (χ3n) is 3.30. The minimum Gasteiger partial charge on any atom is -0.497 e. The Morgan fingerprint density at radius 3 is 2.71 bits per heavy atom. The van der Waals surface area contributed by atoms with E-state index in [1.54, 1.807) is 24.1 Å². The molecule has 0 bridgehead atoms. The van der Waals surface area contributed by atoms with Crippen LogP contribution in [0.25, 0.3) is 10.9 Å². The molecule has 0 amide bonds. The fraction of sp³-hybridized carbons (Fsp3) is 0.188. The van der Waals surface area contributed by atoms with Crippen LogP contribution in [0.5, 0.6) is 11.5 Å². The topological polar surface area (TPSA) is 36.3 Å². The van der Waals surface area contributed by atoms with Crippen molar-refractivity contribution in [1.29, 1.82) is 0 Å². The monoisotopic (exact) mass is 349 g/mol. The Labute approximate surface area is 135 Å². The summed E-state index contributed by atoms with van der Waals surface area (Å²) in [5, 5.41) is 5.18. The molecule has 0 radical (unpaired) electrons. The zero-order chi connectivity index (χ0) is 17.3. The summed E-state index contributed by atoms with van der Waals surface area (Å²) in [6.07, 6.45) is 1.69. The van der Waals surface area contributed by atoms with E-state index in [-0.39, 0.29) is 5.75 Å². The number of fused-ring (bicyclic) bond motifs is 1. The zero-order valence-corrected chi connectivity index (χ0v) is 12.9. The van der Waals surface area contributed by atoms with E-state index in [1.165, 1.54) is 0 Å². The maximum atomic E-state index is 7.38. The molecule has 0 saturated heterocycles. The molecule has 3 aromatic rings. The molecule has 0 aliphatic heterocycles. The van der Waals surface area contributed by atoms with E-state index in [9.17, 15) is 0 Å². The van der Waals surface area contributed by atoms with E-state index >= 15 is 0 Å². The maximum absolute atomic E-state index is 7.38. The van der Waals surface area contributed by atoms with Gasteiger partial charge in [-0.2, -0.15) is 5.10 Å². The van der Waals surface area contributed by atoms with Crippen molar-refractivity contribution in [2.75, 3.05) is 14.1 Å². The lowest BCUT2D eigenvalue weighted by atomic mass is 10.2. The second-order valence-corrected chi connectivity index (χ2v) is 5.42. The molecule has 0 fully saturated rings. The quantitative estimate of drug-likeness (QED) is 0.717. The fourth-order valence-corrected chi connectivity index (χ4v) is 2.64. The number of halogens is 1. The number of methoxy groups -OCH3 is 2. The summed E-state index contributed by atoms with van der Waals surface area (Å²) < 4.78 is 34.8. The first-order chi connectivity index (χ1) is 11.4. The SMILES string of the molecule is [2H]C([2H])([2H])Oc1c(Br)ccc2cnn(Cc3ccc(OC)cc3)c12. The van der Waals surface area contributed by atoms with Gasteiger partial charge in [-0.3, -0.25) is 4.68 Å². The molecule has 0 aliphatic rings. The van der Waals surface area contributed by atoms with Gasteiger partial charge in [0.15, 0.2) is 5.75 Å². The lowest BCUT2D eigenvalue weighted by molar-refractivity contribution is 0.413. The second-order valence-electron chi connectivity index (χ2n) is 4.57. The molecule has 0 aliphatic carbocycles. The molecule has 4 nitrogen and oxygen atoms in total. The molecule has 0 atom stereocenters. The van der Waals surface area contributed by atoms with Crippen molar-refractivity contribution in [3.63, 3.8) is 0 Å². The van der Waals surface area contributed by atoms with Crippen molar-refractivity contribution in [2.45, 2.75) is 6.54 Å². The highest BCUT2D eigenvalue weighted by molar-refractivity contribution is 9.10. The number of nitrogens with zero attached hydrogens (tertiary/aromatic N) is 2. The predicted molar refractivity (Wildman–Crippen MR) is 86.1 cm³/mol. The highest BCUT2D eigenvalue weighted by atomic mass is 79.9. The number of hydrogen-bond donors (Lipinski definition) is 0. The van der Waals surface area contributed by atoms with Crippen molar-refractivity contribution >= 4 is 26.8 Å². The van der Waals surface area contributed by atoms with Gasteiger partial charge in [0.05, 0.1) is 35.5 Å². The molecule has 5 heteroatoms. The molecular formula is C16H15BrN2O2. The number of hydrogen-bond acceptors (Lipinski definition) is 3. The number of ether oxygens (including phenoxy) is 2. The molecule has 1 aromatic heterocycles. The summed E-state index contributed by atoms with van der Waals surface area (Å²) in [7, 11) is -0.919. The van der Waals surface area contributed by atoms with Crippen LogP contribution in [-0.2, 0) is 6.54 Å². The normalized spacial score (nSPS) is 13.5. The number of rotatable bonds is 4. The van der Waals surface area contributed by atoms with Crippen molar-refractivity contribution in [1.82, 2.24) is 9.78 Å². The largest absolute Gasteiger partial charge is 0.497 e. The van der Waals surface area contributed by atoms with E-state index in [0.29, 0.717) is 16.5 Å². The van der Waals surface area contributed by atoms with Crippen LogP contribution in [0.3, 0.4) is 0 Å². The molecule has 0 N–H and O–H groups in total. The van der Waals surface area contributed by atoms with Gasteiger partial charge in [0.2, 0.25) is 0 Å². The summed E-state index contributed by atoms with van der Waals surface area (Å²) in [5.41, 5.74) is 1.65. The van der Waals surface area contributed by atoms with Crippen LogP contribution in [0.15, 0.2) is 47.1 Å². The van der Waals surface area contributed by atoms with Gasteiger partial charge in [0, 0.05) is 5.39 Å². The summed E-state index contributed by atoms with van der Waals surface area (Å²) in [5.74, 6) is 1.04. The Morgan fingerprint density at radius 1 is 1.19 bits per heavy atom. The lowest BCUT2D eigenvalue weighted by Crippen LogP contribution is -2.02. The molecule has 0 saturated carbocycles. The lowest BCUT2D eigenvalue weighted by Gasteiger charge is -2.09. The average Bonchev–Trinajstić information content (AvgIpc) is 2.93. The molecule has 0 spiro atoms. The van der Waals surface area contributed by atoms with Crippen LogP contribution in [-0.4, -0.2) is 23.9 Å². The highest BCUT2D eigenvalue weighted by Crippen LogP contribution is 2.33. The van der Waals surface area contributed by atoms with Crippen LogP contribution in [0, 0.1) is 0 Å². The van der Waals surface area contributed by atoms with Crippen LogP contribution in [0.2, 0.25) is 0 Å². The summed E-state index contributed by atoms with van der Waals surface area (Å²) in [4.78, 5) is 0. The van der Waals surface area contributed by atoms with Gasteiger partial charge >= 0.3 is 0 Å². The van der Waals surface area contributed by atoms with Crippen LogP contribution in [0.1, 0.15) is 9.68 Å². The Hall–Kier alpha value is -2.01. The minimum atomic E-state index is -2.54. The van der Waals surface area contributed by atoms with Gasteiger partial charge in [-0.25, -0.2) is 0 Å². The summed E-state index contributed by atoms with van der Waals surface area (Å²) in [6.45, 7) is 0.487. The van der Waals surface area contributed by atoms with E-state index in [1.807, 2.05) is 30.3 Å². The van der Waals surface area contributed by atoms with Gasteiger partial charge in [-0.1, -0.05) is 12.1 Å². The molecule has 3 rings (SSSR count). The Kier molecular flexibility index (Phi) is 2.94. The third-order valence-corrected chi connectivity index (χ3v) is 3.93. The van der Waals surface area contributed by atoms with Crippen molar-refractivity contribution in [2.24, 2.45) is 0 Å². The van der Waals surface area contributed by atoms with Crippen molar-refractivity contribution in [3.05, 3.63) is 52.6 Å². The van der Waals surface area contributed by atoms with E-state index < -0.39 is 7.04 Å². The van der Waals surface area contributed by atoms with Crippen LogP contribution < -0.4 is 9.47 Å². The standard InChI is InChI=1S/C16H15BrN2O2/c1-20-13-6-3-11(4-7-13)10-19-15-12(9-18-19)5-8-14(17)16(15)21-2/h3-9H,10H2,1-2H3/i2D3. The summed E-state index contributed by atoms with van der Waals surface area (Å²) >= 11 is 3.36. The Bertz CT molecular complexity index is 860. The zero-order valence-electron chi connectivity index (χ0n) is 14.3. The number of benzene rings is 2. The minimum absolute atomic E-state index is 0.263. The Balaban J connectivity index is 2.03. The molecule has 1 heterocycles. The second kappa shape index (κ2) is 5.77. The Morgan fingerprint density at radius 2 is 2.00 bits per heavy atom. The van der Waals surface area contributed by atoms with Crippen molar-refractivity contribution < 1.29 is 13.6 Å². The van der Waals surface area contributed by atoms with Crippen molar-refractivity contribution in [3.8, 4) is 11.5 Å². The van der Waals surface area contributed by atoms with Gasteiger partial charge in [0.25, 0.3) is 0 Å². The van der Waals surface area contributed by atoms with E-state index in [0.717, 1.165) is 16.7 Å². The smallest absolute Gasteiger partial charge is 0.158 e. The van der Waals surface area contributed by atoms with Gasteiger partial charge in [-0.05, 0) is 45.8 Å². The average molecular weight is 350 g/mol. The van der Waals surface area contributed by atoms with Crippen LogP contribution in [0.4, 0.5) is 0 Å². The van der Waals surface area contributed by atoms with Gasteiger partial charge < -0.3 is 9.47 Å². The third kappa shape index (κ3) is 2.61. The van der Waals surface area contributed by atoms with Gasteiger partial charge in [0.1, 0.15) is 11.3 Å². The first-order valence-electron chi connectivity index (χ1n) is 7.83. The maximum Gasteiger partial charge on any atom is 0.158 e. The number of aromatic nitrogens is 2. The molecule has 21 heavy (non-hydrogen) atoms. The van der Waals surface area contributed by atoms with Crippen LogP contribution >= 0.6 is 15.9 Å². The molecule has 2 aromatic carbocycles. The first-order valence-corrected chi connectivity index (χ1v) is 7.12. The van der Waals surface area contributed by atoms with E-state index in [4.69, 9.17) is 13.6 Å². The highest BCUT2D eigenvalue weighted by Gasteiger charge is 2.12. The molecule has 108 valence electrons.